The van der Waals surface area contributed by atoms with Gasteiger partial charge in [0, 0.05) is 56.4 Å². The Morgan fingerprint density at radius 3 is 2.18 bits per heavy atom. The number of para-hydroxylation sites is 1. The fourth-order valence-corrected chi connectivity index (χ4v) is 5.57. The Kier molecular flexibility index (Phi) is 7.39. The smallest absolute Gasteiger partial charge is 0.135 e. The summed E-state index contributed by atoms with van der Waals surface area (Å²) >= 11 is 0. The molecule has 0 radical (unpaired) electrons. The molecule has 6 heteroatoms. The molecular formula is C38H25N4OPt-. The van der Waals surface area contributed by atoms with E-state index in [9.17, 15) is 0 Å². The molecule has 0 N–H and O–H groups in total. The average Bonchev–Trinajstić information content (AvgIpc) is 3.69. The van der Waals surface area contributed by atoms with Gasteiger partial charge in [0.25, 0.3) is 0 Å². The van der Waals surface area contributed by atoms with E-state index in [1.165, 1.54) is 11.1 Å². The van der Waals surface area contributed by atoms with E-state index < -0.39 is 0 Å². The number of benzene rings is 5. The first-order valence-corrected chi connectivity index (χ1v) is 14.2. The van der Waals surface area contributed by atoms with Crippen LogP contribution in [0.3, 0.4) is 0 Å². The second-order valence-corrected chi connectivity index (χ2v) is 10.3. The minimum Gasteiger partial charge on any atom is -0.483 e. The van der Waals surface area contributed by atoms with Crippen molar-refractivity contribution in [3.8, 4) is 45.3 Å². The van der Waals surface area contributed by atoms with Gasteiger partial charge in [-0.15, -0.1) is 17.5 Å². The molecule has 44 heavy (non-hydrogen) atoms. The van der Waals surface area contributed by atoms with E-state index in [4.69, 9.17) is 4.74 Å². The van der Waals surface area contributed by atoms with Crippen LogP contribution in [0.2, 0.25) is 0 Å². The average molecular weight is 749 g/mol. The Morgan fingerprint density at radius 2 is 1.36 bits per heavy atom. The molecule has 0 amide bonds. The summed E-state index contributed by atoms with van der Waals surface area (Å²) in [6, 6.07) is 48.7. The molecule has 0 atom stereocenters. The van der Waals surface area contributed by atoms with Gasteiger partial charge in [-0.1, -0.05) is 90.4 Å². The van der Waals surface area contributed by atoms with E-state index in [1.807, 2.05) is 83.9 Å². The summed E-state index contributed by atoms with van der Waals surface area (Å²) in [6.07, 6.45) is 5.74. The fraction of sp³-hybridized carbons (Fsp3) is 0. The van der Waals surface area contributed by atoms with Crippen LogP contribution in [-0.4, -0.2) is 19.3 Å². The van der Waals surface area contributed by atoms with Crippen LogP contribution >= 0.6 is 0 Å². The van der Waals surface area contributed by atoms with Gasteiger partial charge < -0.3 is 9.30 Å². The largest absolute Gasteiger partial charge is 0.483 e. The van der Waals surface area contributed by atoms with E-state index in [2.05, 4.69) is 93.5 Å². The van der Waals surface area contributed by atoms with Crippen molar-refractivity contribution < 1.29 is 25.8 Å². The zero-order valence-electron chi connectivity index (χ0n) is 23.4. The number of aromatic nitrogens is 4. The van der Waals surface area contributed by atoms with Crippen LogP contribution in [-0.2, 0) is 21.1 Å². The molecule has 0 bridgehead atoms. The van der Waals surface area contributed by atoms with Gasteiger partial charge in [0.1, 0.15) is 11.6 Å². The Hall–Kier alpha value is -5.25. The second kappa shape index (κ2) is 11.8. The zero-order valence-corrected chi connectivity index (χ0v) is 25.7. The summed E-state index contributed by atoms with van der Waals surface area (Å²) in [7, 11) is 0. The van der Waals surface area contributed by atoms with Crippen LogP contribution in [0.15, 0.2) is 152 Å². The van der Waals surface area contributed by atoms with Gasteiger partial charge >= 0.3 is 0 Å². The maximum Gasteiger partial charge on any atom is 0.135 e. The van der Waals surface area contributed by atoms with Crippen molar-refractivity contribution in [1.82, 2.24) is 19.3 Å². The number of hydrogen-bond donors (Lipinski definition) is 0. The molecule has 8 aromatic rings. The van der Waals surface area contributed by atoms with Crippen LogP contribution in [0.4, 0.5) is 0 Å². The Bertz CT molecular complexity index is 2200. The van der Waals surface area contributed by atoms with E-state index >= 15 is 0 Å². The molecule has 0 unspecified atom stereocenters. The Balaban J connectivity index is 0.00000312. The molecule has 0 saturated heterocycles. The van der Waals surface area contributed by atoms with E-state index in [1.54, 1.807) is 0 Å². The standard InChI is InChI=1S/C38H25N4O.Pt/c1-2-9-27(10-3-1)28-16-18-29(19-17-28)30-25-40-41(26-30)31-11-8-12-32(23-31)43-33-20-21-35-34-13-4-5-14-36(34)42(37(35)24-33)38-15-6-7-22-39-38;/h1-23,25-26H;/q-1;. The van der Waals surface area contributed by atoms with Crippen LogP contribution in [0.5, 0.6) is 11.5 Å². The predicted octanol–water partition coefficient (Wildman–Crippen LogP) is 9.29. The molecule has 214 valence electrons. The molecule has 0 fully saturated rings. The van der Waals surface area contributed by atoms with Crippen molar-refractivity contribution in [2.24, 2.45) is 0 Å². The zero-order chi connectivity index (χ0) is 28.6. The first kappa shape index (κ1) is 27.6. The molecule has 0 spiro atoms. The van der Waals surface area contributed by atoms with Gasteiger partial charge in [-0.25, -0.2) is 9.67 Å². The van der Waals surface area contributed by atoms with Gasteiger partial charge in [0.05, 0.1) is 11.9 Å². The number of hydrogen-bond acceptors (Lipinski definition) is 3. The maximum atomic E-state index is 6.35. The van der Waals surface area contributed by atoms with Gasteiger partial charge in [-0.3, -0.25) is 0 Å². The van der Waals surface area contributed by atoms with Crippen molar-refractivity contribution in [3.63, 3.8) is 0 Å². The number of ether oxygens (including phenoxy) is 1. The number of fused-ring (bicyclic) bond motifs is 3. The molecule has 8 rings (SSSR count). The molecule has 5 aromatic carbocycles. The van der Waals surface area contributed by atoms with Crippen LogP contribution < -0.4 is 4.74 Å². The number of pyridine rings is 1. The van der Waals surface area contributed by atoms with E-state index in [0.717, 1.165) is 44.4 Å². The summed E-state index contributed by atoms with van der Waals surface area (Å²) in [5.74, 6) is 2.18. The number of nitrogens with zero attached hydrogens (tertiary/aromatic N) is 4. The molecule has 3 heterocycles. The van der Waals surface area contributed by atoms with Crippen LogP contribution in [0, 0.1) is 6.07 Å². The van der Waals surface area contributed by atoms with Crippen molar-refractivity contribution >= 4 is 21.8 Å². The van der Waals surface area contributed by atoms with Crippen molar-refractivity contribution in [3.05, 3.63) is 158 Å². The third kappa shape index (κ3) is 5.12. The third-order valence-electron chi connectivity index (χ3n) is 7.65. The van der Waals surface area contributed by atoms with E-state index in [-0.39, 0.29) is 21.1 Å². The molecule has 0 aliphatic rings. The maximum absolute atomic E-state index is 6.35. The van der Waals surface area contributed by atoms with Gasteiger partial charge in [-0.2, -0.15) is 11.2 Å². The predicted molar refractivity (Wildman–Crippen MR) is 172 cm³/mol. The summed E-state index contributed by atoms with van der Waals surface area (Å²) < 4.78 is 10.4. The molecule has 5 nitrogen and oxygen atoms in total. The Morgan fingerprint density at radius 1 is 0.614 bits per heavy atom. The van der Waals surface area contributed by atoms with Crippen molar-refractivity contribution in [2.45, 2.75) is 0 Å². The first-order valence-electron chi connectivity index (χ1n) is 14.2. The summed E-state index contributed by atoms with van der Waals surface area (Å²) in [4.78, 5) is 4.61. The first-order chi connectivity index (χ1) is 21.3. The topological polar surface area (TPSA) is 44.9 Å². The monoisotopic (exact) mass is 748 g/mol. The quantitative estimate of drug-likeness (QED) is 0.159. The Labute approximate surface area is 269 Å². The normalized spacial score (nSPS) is 11.0. The van der Waals surface area contributed by atoms with Crippen molar-refractivity contribution in [1.29, 1.82) is 0 Å². The molecule has 0 aliphatic carbocycles. The minimum atomic E-state index is 0. The molecular weight excluding hydrogens is 724 g/mol. The third-order valence-corrected chi connectivity index (χ3v) is 7.65. The summed E-state index contributed by atoms with van der Waals surface area (Å²) in [6.45, 7) is 0. The summed E-state index contributed by atoms with van der Waals surface area (Å²) in [5, 5.41) is 6.90. The van der Waals surface area contributed by atoms with Gasteiger partial charge in [-0.05, 0) is 52.4 Å². The molecule has 3 aromatic heterocycles. The van der Waals surface area contributed by atoms with Crippen molar-refractivity contribution in [2.75, 3.05) is 0 Å². The fourth-order valence-electron chi connectivity index (χ4n) is 5.57. The van der Waals surface area contributed by atoms with Crippen LogP contribution in [0.1, 0.15) is 0 Å². The number of rotatable bonds is 6. The van der Waals surface area contributed by atoms with Crippen LogP contribution in [0.25, 0.3) is 55.6 Å². The van der Waals surface area contributed by atoms with Gasteiger partial charge in [0.2, 0.25) is 0 Å². The minimum absolute atomic E-state index is 0. The SMILES string of the molecule is [Pt].[c-]1c(Oc2cccc(-n3cc(-c4ccc(-c5ccccc5)cc4)cn3)c2)ccc2c3ccccc3n(-c3ccccn3)c12. The second-order valence-electron chi connectivity index (χ2n) is 10.3. The molecule has 0 saturated carbocycles. The molecule has 0 aliphatic heterocycles. The van der Waals surface area contributed by atoms with Gasteiger partial charge in [0.15, 0.2) is 0 Å². The van der Waals surface area contributed by atoms with E-state index in [0.29, 0.717) is 11.5 Å². The summed E-state index contributed by atoms with van der Waals surface area (Å²) in [5.41, 5.74) is 7.47.